The van der Waals surface area contributed by atoms with Gasteiger partial charge in [0, 0.05) is 17.7 Å². The molecule has 6 heteroatoms. The van der Waals surface area contributed by atoms with E-state index in [9.17, 15) is 10.1 Å². The first-order valence-electron chi connectivity index (χ1n) is 5.15. The fourth-order valence-corrected chi connectivity index (χ4v) is 1.80. The molecule has 17 heavy (non-hydrogen) atoms. The molecule has 1 aromatic carbocycles. The first-order chi connectivity index (χ1) is 8.24. The van der Waals surface area contributed by atoms with Crippen LogP contribution in [0.3, 0.4) is 0 Å². The van der Waals surface area contributed by atoms with Crippen molar-refractivity contribution in [2.24, 2.45) is 0 Å². The molecular weight excluding hydrogens is 226 g/mol. The molecule has 0 aliphatic carbocycles. The average molecular weight is 235 g/mol. The molecule has 0 saturated heterocycles. The normalized spacial score (nSPS) is 16.6. The molecule has 0 spiro atoms. The molecule has 0 N–H and O–H groups in total. The van der Waals surface area contributed by atoms with Crippen LogP contribution in [-0.2, 0) is 0 Å². The molecule has 2 aliphatic heterocycles. The Labute approximate surface area is 96.5 Å². The Morgan fingerprint density at radius 3 is 2.47 bits per heavy atom. The smallest absolute Gasteiger partial charge is 0.284 e. The van der Waals surface area contributed by atoms with Crippen LogP contribution < -0.4 is 14.2 Å². The van der Waals surface area contributed by atoms with E-state index in [0.717, 1.165) is 0 Å². The molecule has 6 nitrogen and oxygen atoms in total. The summed E-state index contributed by atoms with van der Waals surface area (Å²) in [5.41, 5.74) is 0.682. The van der Waals surface area contributed by atoms with Gasteiger partial charge in [0.1, 0.15) is 19.0 Å². The molecule has 2 heterocycles. The fourth-order valence-electron chi connectivity index (χ4n) is 1.80. The summed E-state index contributed by atoms with van der Waals surface area (Å²) in [5.74, 6) is 1.80. The number of rotatable bonds is 1. The van der Waals surface area contributed by atoms with Crippen molar-refractivity contribution in [3.05, 3.63) is 33.5 Å². The number of ether oxygens (including phenoxy) is 3. The second-order valence-electron chi connectivity index (χ2n) is 3.72. The minimum atomic E-state index is -0.445. The third-order valence-electron chi connectivity index (χ3n) is 2.61. The molecule has 1 aromatic rings. The lowest BCUT2D eigenvalue weighted by molar-refractivity contribution is -0.427. The zero-order valence-corrected chi connectivity index (χ0v) is 8.84. The van der Waals surface area contributed by atoms with Crippen LogP contribution in [0.15, 0.2) is 17.8 Å². The average Bonchev–Trinajstić information content (AvgIpc) is 2.35. The van der Waals surface area contributed by atoms with Gasteiger partial charge in [-0.15, -0.1) is 0 Å². The summed E-state index contributed by atoms with van der Waals surface area (Å²) < 4.78 is 16.1. The predicted octanol–water partition coefficient (Wildman–Crippen LogP) is 1.47. The van der Waals surface area contributed by atoms with E-state index in [1.54, 1.807) is 12.1 Å². The number of nitro groups is 1. The number of hydrogen-bond donors (Lipinski definition) is 0. The number of hydrogen-bond acceptors (Lipinski definition) is 5. The third kappa shape index (κ3) is 1.67. The van der Waals surface area contributed by atoms with Crippen molar-refractivity contribution in [2.75, 3.05) is 19.8 Å². The van der Waals surface area contributed by atoms with E-state index in [4.69, 9.17) is 14.2 Å². The molecule has 88 valence electrons. The highest BCUT2D eigenvalue weighted by Crippen LogP contribution is 2.39. The van der Waals surface area contributed by atoms with Crippen LogP contribution >= 0.6 is 0 Å². The van der Waals surface area contributed by atoms with Crippen molar-refractivity contribution >= 4 is 6.08 Å². The minimum absolute atomic E-state index is 0.0281. The number of fused-ring (bicyclic) bond motifs is 2. The summed E-state index contributed by atoms with van der Waals surface area (Å²) in [7, 11) is 0. The van der Waals surface area contributed by atoms with Crippen molar-refractivity contribution in [2.45, 2.75) is 0 Å². The molecule has 0 unspecified atom stereocenters. The van der Waals surface area contributed by atoms with E-state index in [-0.39, 0.29) is 12.3 Å². The van der Waals surface area contributed by atoms with Gasteiger partial charge in [-0.3, -0.25) is 10.1 Å². The Kier molecular flexibility index (Phi) is 2.14. The van der Waals surface area contributed by atoms with Crippen molar-refractivity contribution in [3.63, 3.8) is 0 Å². The van der Waals surface area contributed by atoms with Crippen LogP contribution in [0.25, 0.3) is 6.08 Å². The number of benzene rings is 1. The molecule has 0 atom stereocenters. The van der Waals surface area contributed by atoms with Gasteiger partial charge in [-0.25, -0.2) is 0 Å². The van der Waals surface area contributed by atoms with Crippen molar-refractivity contribution in [1.29, 1.82) is 0 Å². The Balaban J connectivity index is 2.06. The Bertz CT molecular complexity index is 523. The topological polar surface area (TPSA) is 70.8 Å². The van der Waals surface area contributed by atoms with Gasteiger partial charge in [-0.2, -0.15) is 0 Å². The molecule has 0 radical (unpaired) electrons. The zero-order valence-electron chi connectivity index (χ0n) is 8.84. The van der Waals surface area contributed by atoms with Crippen LogP contribution in [0.4, 0.5) is 0 Å². The minimum Gasteiger partial charge on any atom is -0.486 e. The molecule has 0 fully saturated rings. The van der Waals surface area contributed by atoms with Gasteiger partial charge in [-0.05, 0) is 6.07 Å². The van der Waals surface area contributed by atoms with Gasteiger partial charge < -0.3 is 14.2 Å². The second-order valence-corrected chi connectivity index (χ2v) is 3.72. The monoisotopic (exact) mass is 235 g/mol. The maximum absolute atomic E-state index is 10.7. The summed E-state index contributed by atoms with van der Waals surface area (Å²) in [5, 5.41) is 10.7. The van der Waals surface area contributed by atoms with Crippen LogP contribution in [-0.4, -0.2) is 24.7 Å². The van der Waals surface area contributed by atoms with E-state index in [1.165, 1.54) is 6.08 Å². The molecule has 0 amide bonds. The van der Waals surface area contributed by atoms with Gasteiger partial charge in [0.05, 0.1) is 4.92 Å². The van der Waals surface area contributed by atoms with Gasteiger partial charge in [0.2, 0.25) is 0 Å². The van der Waals surface area contributed by atoms with Gasteiger partial charge in [-0.1, -0.05) is 0 Å². The molecular formula is C11H9NO5. The first kappa shape index (κ1) is 9.95. The van der Waals surface area contributed by atoms with E-state index >= 15 is 0 Å². The van der Waals surface area contributed by atoms with E-state index < -0.39 is 4.92 Å². The Morgan fingerprint density at radius 2 is 1.76 bits per heavy atom. The maximum atomic E-state index is 10.7. The van der Waals surface area contributed by atoms with Crippen LogP contribution in [0, 0.1) is 10.1 Å². The van der Waals surface area contributed by atoms with E-state index in [1.807, 2.05) is 0 Å². The van der Waals surface area contributed by atoms with Crippen LogP contribution in [0.5, 0.6) is 17.2 Å². The van der Waals surface area contributed by atoms with Gasteiger partial charge in [0.15, 0.2) is 18.1 Å². The van der Waals surface area contributed by atoms with Crippen molar-refractivity contribution in [3.8, 4) is 17.2 Å². The summed E-state index contributed by atoms with van der Waals surface area (Å²) in [6, 6.07) is 3.41. The lowest BCUT2D eigenvalue weighted by Gasteiger charge is -2.21. The lowest BCUT2D eigenvalue weighted by Crippen LogP contribution is -2.17. The van der Waals surface area contributed by atoms with Crippen molar-refractivity contribution in [1.82, 2.24) is 0 Å². The van der Waals surface area contributed by atoms with Crippen LogP contribution in [0.2, 0.25) is 0 Å². The highest BCUT2D eigenvalue weighted by Gasteiger charge is 2.23. The second kappa shape index (κ2) is 3.65. The summed E-state index contributed by atoms with van der Waals surface area (Å²) in [6.45, 7) is 0.958. The SMILES string of the molecule is O=[N+]([O-])C1=Cc2cc3c(cc2OC1)OCCO3. The van der Waals surface area contributed by atoms with Crippen LogP contribution in [0.1, 0.15) is 5.56 Å². The number of nitrogens with zero attached hydrogens (tertiary/aromatic N) is 1. The highest BCUT2D eigenvalue weighted by molar-refractivity contribution is 5.66. The summed E-state index contributed by atoms with van der Waals surface area (Å²) in [6.07, 6.45) is 1.50. The Morgan fingerprint density at radius 1 is 1.06 bits per heavy atom. The van der Waals surface area contributed by atoms with E-state index in [0.29, 0.717) is 36.0 Å². The summed E-state index contributed by atoms with van der Waals surface area (Å²) in [4.78, 5) is 10.2. The summed E-state index contributed by atoms with van der Waals surface area (Å²) >= 11 is 0. The lowest BCUT2D eigenvalue weighted by atomic mass is 10.1. The largest absolute Gasteiger partial charge is 0.486 e. The highest BCUT2D eigenvalue weighted by atomic mass is 16.6. The Hall–Kier alpha value is -2.24. The predicted molar refractivity (Wildman–Crippen MR) is 57.9 cm³/mol. The maximum Gasteiger partial charge on any atom is 0.284 e. The van der Waals surface area contributed by atoms with Crippen molar-refractivity contribution < 1.29 is 19.1 Å². The molecule has 3 rings (SSSR count). The zero-order chi connectivity index (χ0) is 11.8. The third-order valence-corrected chi connectivity index (χ3v) is 2.61. The van der Waals surface area contributed by atoms with Gasteiger partial charge >= 0.3 is 0 Å². The fraction of sp³-hybridized carbons (Fsp3) is 0.273. The van der Waals surface area contributed by atoms with Gasteiger partial charge in [0.25, 0.3) is 5.70 Å². The first-order valence-corrected chi connectivity index (χ1v) is 5.15. The molecule has 0 saturated carbocycles. The molecule has 0 aromatic heterocycles. The molecule has 0 bridgehead atoms. The standard InChI is InChI=1S/C11H9NO5/c13-12(14)8-3-7-4-10-11(16-2-1-15-10)5-9(7)17-6-8/h3-5H,1-2,6H2. The quantitative estimate of drug-likeness (QED) is 0.544. The molecule has 2 aliphatic rings. The van der Waals surface area contributed by atoms with E-state index in [2.05, 4.69) is 0 Å².